The highest BCUT2D eigenvalue weighted by atomic mass is 16.5. The van der Waals surface area contributed by atoms with E-state index >= 15 is 0 Å². The normalized spacial score (nSPS) is 24.8. The molecule has 1 saturated heterocycles. The van der Waals surface area contributed by atoms with Crippen LogP contribution in [0.2, 0.25) is 0 Å². The van der Waals surface area contributed by atoms with Crippen molar-refractivity contribution in [3.05, 3.63) is 0 Å². The second-order valence-electron chi connectivity index (χ2n) is 4.76. The fraction of sp³-hybridized carbons (Fsp3) is 0.900. The fourth-order valence-corrected chi connectivity index (χ4v) is 1.44. The topological polar surface area (TPSA) is 59.6 Å². The molecule has 4 nitrogen and oxygen atoms in total. The van der Waals surface area contributed by atoms with Gasteiger partial charge in [-0.1, -0.05) is 0 Å². The highest BCUT2D eigenvalue weighted by Crippen LogP contribution is 2.09. The van der Waals surface area contributed by atoms with Crippen molar-refractivity contribution < 1.29 is 4.74 Å². The Morgan fingerprint density at radius 3 is 2.71 bits per heavy atom. The van der Waals surface area contributed by atoms with Gasteiger partial charge < -0.3 is 15.8 Å². The van der Waals surface area contributed by atoms with Gasteiger partial charge in [-0.2, -0.15) is 0 Å². The van der Waals surface area contributed by atoms with Gasteiger partial charge in [-0.15, -0.1) is 0 Å². The summed E-state index contributed by atoms with van der Waals surface area (Å²) < 4.78 is 5.32. The molecule has 1 aliphatic rings. The molecule has 0 aromatic rings. The van der Waals surface area contributed by atoms with Crippen molar-refractivity contribution in [1.82, 2.24) is 5.32 Å². The minimum Gasteiger partial charge on any atom is -0.379 e. The predicted octanol–water partition coefficient (Wildman–Crippen LogP) is 0.868. The van der Waals surface area contributed by atoms with E-state index in [0.29, 0.717) is 12.6 Å². The van der Waals surface area contributed by atoms with Gasteiger partial charge >= 0.3 is 0 Å². The molecule has 0 amide bonds. The maximum atomic E-state index is 5.77. The van der Waals surface area contributed by atoms with Gasteiger partial charge in [0.25, 0.3) is 0 Å². The number of nitrogens with one attached hydrogen (secondary N) is 1. The zero-order valence-corrected chi connectivity index (χ0v) is 9.34. The molecule has 1 rings (SSSR count). The first-order valence-electron chi connectivity index (χ1n) is 5.16. The smallest absolute Gasteiger partial charge is 0.189 e. The molecular formula is C10H21N3O. The SMILES string of the molecule is CC(C)(C)NC(N)=NC1CCCOC1. The summed E-state index contributed by atoms with van der Waals surface area (Å²) in [5.41, 5.74) is 5.75. The standard InChI is InChI=1S/C10H21N3O/c1-10(2,3)13-9(11)12-8-5-4-6-14-7-8/h8H,4-7H2,1-3H3,(H3,11,12,13). The lowest BCUT2D eigenvalue weighted by Gasteiger charge is -2.23. The van der Waals surface area contributed by atoms with Crippen molar-refractivity contribution in [2.45, 2.75) is 45.2 Å². The van der Waals surface area contributed by atoms with E-state index in [-0.39, 0.29) is 11.6 Å². The van der Waals surface area contributed by atoms with E-state index in [1.807, 2.05) is 0 Å². The van der Waals surface area contributed by atoms with Gasteiger partial charge in [-0.25, -0.2) is 4.99 Å². The summed E-state index contributed by atoms with van der Waals surface area (Å²) in [6.07, 6.45) is 2.16. The quantitative estimate of drug-likeness (QED) is 0.486. The molecule has 4 heteroatoms. The van der Waals surface area contributed by atoms with E-state index < -0.39 is 0 Å². The minimum atomic E-state index is -0.0247. The minimum absolute atomic E-state index is 0.0247. The van der Waals surface area contributed by atoms with Crippen LogP contribution in [0.1, 0.15) is 33.6 Å². The van der Waals surface area contributed by atoms with Crippen LogP contribution in [0.25, 0.3) is 0 Å². The fourth-order valence-electron chi connectivity index (χ4n) is 1.44. The molecule has 0 aromatic carbocycles. The first-order valence-corrected chi connectivity index (χ1v) is 5.16. The van der Waals surface area contributed by atoms with Crippen molar-refractivity contribution in [3.63, 3.8) is 0 Å². The number of aliphatic imine (C=N–C) groups is 1. The molecule has 1 aliphatic heterocycles. The summed E-state index contributed by atoms with van der Waals surface area (Å²) >= 11 is 0. The van der Waals surface area contributed by atoms with E-state index in [0.717, 1.165) is 19.4 Å². The first-order chi connectivity index (χ1) is 6.47. The number of nitrogens with zero attached hydrogens (tertiary/aromatic N) is 1. The van der Waals surface area contributed by atoms with Crippen LogP contribution >= 0.6 is 0 Å². The average Bonchev–Trinajstić information content (AvgIpc) is 2.02. The van der Waals surface area contributed by atoms with E-state index in [2.05, 4.69) is 31.1 Å². The van der Waals surface area contributed by atoms with Crippen LogP contribution in [0.5, 0.6) is 0 Å². The summed E-state index contributed by atoms with van der Waals surface area (Å²) in [5.74, 6) is 0.521. The van der Waals surface area contributed by atoms with Gasteiger partial charge in [0.05, 0.1) is 12.6 Å². The van der Waals surface area contributed by atoms with Crippen LogP contribution in [-0.4, -0.2) is 30.8 Å². The van der Waals surface area contributed by atoms with Crippen LogP contribution in [0, 0.1) is 0 Å². The number of guanidine groups is 1. The van der Waals surface area contributed by atoms with Gasteiger partial charge in [0.15, 0.2) is 5.96 Å². The van der Waals surface area contributed by atoms with Gasteiger partial charge in [0.1, 0.15) is 0 Å². The molecule has 14 heavy (non-hydrogen) atoms. The van der Waals surface area contributed by atoms with Crippen LogP contribution in [-0.2, 0) is 4.74 Å². The van der Waals surface area contributed by atoms with Gasteiger partial charge in [0, 0.05) is 12.1 Å². The molecule has 1 unspecified atom stereocenters. The van der Waals surface area contributed by atoms with E-state index in [1.165, 1.54) is 0 Å². The lowest BCUT2D eigenvalue weighted by molar-refractivity contribution is 0.0827. The van der Waals surface area contributed by atoms with Crippen LogP contribution < -0.4 is 11.1 Å². The Labute approximate surface area is 85.9 Å². The Morgan fingerprint density at radius 1 is 1.50 bits per heavy atom. The van der Waals surface area contributed by atoms with Gasteiger partial charge in [0.2, 0.25) is 0 Å². The van der Waals surface area contributed by atoms with Gasteiger partial charge in [-0.05, 0) is 33.6 Å². The summed E-state index contributed by atoms with van der Waals surface area (Å²) in [6.45, 7) is 7.75. The molecule has 0 saturated carbocycles. The third-order valence-electron chi connectivity index (χ3n) is 1.96. The maximum absolute atomic E-state index is 5.77. The monoisotopic (exact) mass is 199 g/mol. The summed E-state index contributed by atoms with van der Waals surface area (Å²) in [7, 11) is 0. The van der Waals surface area contributed by atoms with E-state index in [4.69, 9.17) is 10.5 Å². The van der Waals surface area contributed by atoms with Gasteiger partial charge in [-0.3, -0.25) is 0 Å². The predicted molar refractivity (Wildman–Crippen MR) is 58.4 cm³/mol. The van der Waals surface area contributed by atoms with Crippen molar-refractivity contribution in [3.8, 4) is 0 Å². The number of hydrogen-bond acceptors (Lipinski definition) is 2. The molecule has 0 aliphatic carbocycles. The third kappa shape index (κ3) is 4.46. The second kappa shape index (κ2) is 4.64. The molecular weight excluding hydrogens is 178 g/mol. The van der Waals surface area contributed by atoms with Crippen molar-refractivity contribution >= 4 is 5.96 Å². The Kier molecular flexibility index (Phi) is 3.75. The maximum Gasteiger partial charge on any atom is 0.189 e. The molecule has 1 atom stereocenters. The summed E-state index contributed by atoms with van der Waals surface area (Å²) in [5, 5.41) is 3.14. The zero-order valence-electron chi connectivity index (χ0n) is 9.34. The number of nitrogens with two attached hydrogens (primary N) is 1. The summed E-state index contributed by atoms with van der Waals surface area (Å²) in [6, 6.07) is 0.235. The molecule has 1 heterocycles. The van der Waals surface area contributed by atoms with Crippen molar-refractivity contribution in [1.29, 1.82) is 0 Å². The Morgan fingerprint density at radius 2 is 2.21 bits per heavy atom. The number of hydrogen-bond donors (Lipinski definition) is 2. The van der Waals surface area contributed by atoms with Crippen LogP contribution in [0.4, 0.5) is 0 Å². The Hall–Kier alpha value is -0.770. The third-order valence-corrected chi connectivity index (χ3v) is 1.96. The molecule has 82 valence electrons. The average molecular weight is 199 g/mol. The highest BCUT2D eigenvalue weighted by molar-refractivity contribution is 5.78. The number of ether oxygens (including phenoxy) is 1. The Balaban J connectivity index is 2.41. The molecule has 3 N–H and O–H groups in total. The second-order valence-corrected chi connectivity index (χ2v) is 4.76. The van der Waals surface area contributed by atoms with Crippen molar-refractivity contribution in [2.24, 2.45) is 10.7 Å². The number of rotatable bonds is 1. The lowest BCUT2D eigenvalue weighted by Crippen LogP contribution is -2.45. The van der Waals surface area contributed by atoms with Crippen molar-refractivity contribution in [2.75, 3.05) is 13.2 Å². The molecule has 0 bridgehead atoms. The molecule has 0 spiro atoms. The lowest BCUT2D eigenvalue weighted by atomic mass is 10.1. The van der Waals surface area contributed by atoms with E-state index in [9.17, 15) is 0 Å². The van der Waals surface area contributed by atoms with Crippen LogP contribution in [0.15, 0.2) is 4.99 Å². The highest BCUT2D eigenvalue weighted by Gasteiger charge is 2.15. The first kappa shape index (κ1) is 11.3. The largest absolute Gasteiger partial charge is 0.379 e. The van der Waals surface area contributed by atoms with E-state index in [1.54, 1.807) is 0 Å². The van der Waals surface area contributed by atoms with Crippen LogP contribution in [0.3, 0.4) is 0 Å². The zero-order chi connectivity index (χ0) is 10.6. The molecule has 0 aromatic heterocycles. The summed E-state index contributed by atoms with van der Waals surface area (Å²) in [4.78, 5) is 4.38. The Bertz CT molecular complexity index is 202. The molecule has 0 radical (unpaired) electrons. The molecule has 1 fully saturated rings.